The lowest BCUT2D eigenvalue weighted by Gasteiger charge is -2.23. The van der Waals surface area contributed by atoms with Gasteiger partial charge in [0.15, 0.2) is 11.5 Å². The predicted octanol–water partition coefficient (Wildman–Crippen LogP) is 3.73. The van der Waals surface area contributed by atoms with Crippen LogP contribution in [0.1, 0.15) is 22.2 Å². The Morgan fingerprint density at radius 3 is 2.67 bits per heavy atom. The number of carbonyl (C=O) groups excluding carboxylic acids is 2. The third-order valence-electron chi connectivity index (χ3n) is 5.07. The van der Waals surface area contributed by atoms with E-state index in [2.05, 4.69) is 0 Å². The minimum absolute atomic E-state index is 0.0469. The Morgan fingerprint density at radius 2 is 1.93 bits per heavy atom. The number of ether oxygens (including phenoxy) is 2. The van der Waals surface area contributed by atoms with Crippen LogP contribution in [0.4, 0.5) is 0 Å². The van der Waals surface area contributed by atoms with Gasteiger partial charge in [0.05, 0.1) is 18.4 Å². The molecule has 2 aliphatic rings. The number of benzene rings is 1. The van der Waals surface area contributed by atoms with Crippen LogP contribution in [0.3, 0.4) is 0 Å². The predicted molar refractivity (Wildman–Crippen MR) is 108 cm³/mol. The quantitative estimate of drug-likeness (QED) is 0.391. The van der Waals surface area contributed by atoms with Crippen LogP contribution < -0.4 is 9.47 Å². The summed E-state index contributed by atoms with van der Waals surface area (Å²) in [6, 6.07) is 11.4. The molecule has 1 fully saturated rings. The third kappa shape index (κ3) is 3.05. The topological polar surface area (TPSA) is 89.2 Å². The molecule has 0 unspecified atom stereocenters. The SMILES string of the molecule is O=C1C(=O)N(Cc2ccco2)[C@@H](c2cccs2)C1=C(O)c1ccc2c(c1)OCCO2. The van der Waals surface area contributed by atoms with E-state index in [0.29, 0.717) is 36.0 Å². The highest BCUT2D eigenvalue weighted by atomic mass is 32.1. The summed E-state index contributed by atoms with van der Waals surface area (Å²) >= 11 is 1.41. The van der Waals surface area contributed by atoms with Gasteiger partial charge in [-0.2, -0.15) is 0 Å². The number of hydrogen-bond acceptors (Lipinski definition) is 7. The van der Waals surface area contributed by atoms with Gasteiger partial charge in [-0.25, -0.2) is 0 Å². The highest BCUT2D eigenvalue weighted by Crippen LogP contribution is 2.43. The number of amides is 1. The van der Waals surface area contributed by atoms with E-state index >= 15 is 0 Å². The molecular formula is C22H17NO6S. The summed E-state index contributed by atoms with van der Waals surface area (Å²) in [7, 11) is 0. The Morgan fingerprint density at radius 1 is 1.10 bits per heavy atom. The summed E-state index contributed by atoms with van der Waals surface area (Å²) in [4.78, 5) is 28.0. The second-order valence-corrected chi connectivity index (χ2v) is 7.86. The molecule has 0 aliphatic carbocycles. The summed E-state index contributed by atoms with van der Waals surface area (Å²) < 4.78 is 16.5. The lowest BCUT2D eigenvalue weighted by molar-refractivity contribution is -0.140. The molecule has 2 aromatic heterocycles. The van der Waals surface area contributed by atoms with Gasteiger partial charge in [0.1, 0.15) is 30.8 Å². The maximum Gasteiger partial charge on any atom is 0.296 e. The first-order valence-electron chi connectivity index (χ1n) is 9.37. The van der Waals surface area contributed by atoms with E-state index in [-0.39, 0.29) is 17.9 Å². The first-order valence-corrected chi connectivity index (χ1v) is 10.3. The molecule has 1 aromatic carbocycles. The number of ketones is 1. The van der Waals surface area contributed by atoms with Crippen LogP contribution in [-0.4, -0.2) is 34.9 Å². The van der Waals surface area contributed by atoms with Gasteiger partial charge in [0.2, 0.25) is 0 Å². The number of thiophene rings is 1. The van der Waals surface area contributed by atoms with Gasteiger partial charge >= 0.3 is 0 Å². The van der Waals surface area contributed by atoms with Gasteiger partial charge < -0.3 is 23.9 Å². The molecular weight excluding hydrogens is 406 g/mol. The molecule has 2 aliphatic heterocycles. The first kappa shape index (κ1) is 18.5. The highest BCUT2D eigenvalue weighted by molar-refractivity contribution is 7.10. The molecule has 1 amide bonds. The largest absolute Gasteiger partial charge is 0.507 e. The lowest BCUT2D eigenvalue weighted by atomic mass is 9.99. The van der Waals surface area contributed by atoms with Crippen molar-refractivity contribution in [1.29, 1.82) is 0 Å². The first-order chi connectivity index (χ1) is 14.6. The van der Waals surface area contributed by atoms with Crippen LogP contribution >= 0.6 is 11.3 Å². The van der Waals surface area contributed by atoms with Gasteiger partial charge in [0.25, 0.3) is 11.7 Å². The average molecular weight is 423 g/mol. The third-order valence-corrected chi connectivity index (χ3v) is 6.00. The van der Waals surface area contributed by atoms with E-state index in [0.717, 1.165) is 4.88 Å². The smallest absolute Gasteiger partial charge is 0.296 e. The second-order valence-electron chi connectivity index (χ2n) is 6.88. The molecule has 0 bridgehead atoms. The van der Waals surface area contributed by atoms with Crippen LogP contribution in [0.5, 0.6) is 11.5 Å². The molecule has 4 heterocycles. The summed E-state index contributed by atoms with van der Waals surface area (Å²) in [5, 5.41) is 13.0. The number of rotatable bonds is 4. The van der Waals surface area contributed by atoms with Gasteiger partial charge in [-0.05, 0) is 41.8 Å². The van der Waals surface area contributed by atoms with Crippen LogP contribution in [-0.2, 0) is 16.1 Å². The van der Waals surface area contributed by atoms with Crippen LogP contribution in [0.15, 0.2) is 64.1 Å². The van der Waals surface area contributed by atoms with E-state index in [4.69, 9.17) is 13.9 Å². The van der Waals surface area contributed by atoms with Gasteiger partial charge in [-0.15, -0.1) is 11.3 Å². The van der Waals surface area contributed by atoms with E-state index in [1.807, 2.05) is 17.5 Å². The fourth-order valence-corrected chi connectivity index (χ4v) is 4.55. The summed E-state index contributed by atoms with van der Waals surface area (Å²) in [5.41, 5.74) is 0.433. The second kappa shape index (κ2) is 7.38. The Hall–Kier alpha value is -3.52. The van der Waals surface area contributed by atoms with E-state index < -0.39 is 17.7 Å². The molecule has 3 aromatic rings. The van der Waals surface area contributed by atoms with Crippen molar-refractivity contribution >= 4 is 28.8 Å². The number of hydrogen-bond donors (Lipinski definition) is 1. The number of fused-ring (bicyclic) bond motifs is 1. The maximum absolute atomic E-state index is 13.0. The molecule has 1 atom stereocenters. The number of aliphatic hydroxyl groups excluding tert-OH is 1. The number of aliphatic hydroxyl groups is 1. The molecule has 152 valence electrons. The fourth-order valence-electron chi connectivity index (χ4n) is 3.70. The summed E-state index contributed by atoms with van der Waals surface area (Å²) in [6.07, 6.45) is 1.52. The van der Waals surface area contributed by atoms with Crippen LogP contribution in [0.25, 0.3) is 5.76 Å². The maximum atomic E-state index is 13.0. The van der Waals surface area contributed by atoms with E-state index in [9.17, 15) is 14.7 Å². The molecule has 7 nitrogen and oxygen atoms in total. The minimum atomic E-state index is -0.729. The fraction of sp³-hybridized carbons (Fsp3) is 0.182. The van der Waals surface area contributed by atoms with Crippen molar-refractivity contribution in [3.05, 3.63) is 75.9 Å². The highest BCUT2D eigenvalue weighted by Gasteiger charge is 2.46. The zero-order valence-electron chi connectivity index (χ0n) is 15.7. The molecule has 5 rings (SSSR count). The van der Waals surface area contributed by atoms with Crippen molar-refractivity contribution in [3.8, 4) is 11.5 Å². The molecule has 1 N–H and O–H groups in total. The van der Waals surface area contributed by atoms with Crippen molar-refractivity contribution < 1.29 is 28.6 Å². The van der Waals surface area contributed by atoms with Crippen molar-refractivity contribution in [2.24, 2.45) is 0 Å². The van der Waals surface area contributed by atoms with Gasteiger partial charge in [-0.3, -0.25) is 9.59 Å². The van der Waals surface area contributed by atoms with Crippen molar-refractivity contribution in [1.82, 2.24) is 4.90 Å². The zero-order valence-corrected chi connectivity index (χ0v) is 16.6. The monoisotopic (exact) mass is 423 g/mol. The molecule has 8 heteroatoms. The van der Waals surface area contributed by atoms with Crippen LogP contribution in [0, 0.1) is 0 Å². The van der Waals surface area contributed by atoms with E-state index in [1.165, 1.54) is 22.5 Å². The lowest BCUT2D eigenvalue weighted by Crippen LogP contribution is -2.28. The Kier molecular flexibility index (Phi) is 4.55. The number of furan rings is 1. The van der Waals surface area contributed by atoms with Crippen molar-refractivity contribution in [2.75, 3.05) is 13.2 Å². The number of likely N-dealkylation sites (tertiary alicyclic amines) is 1. The Bertz CT molecular complexity index is 1130. The molecule has 1 saturated heterocycles. The molecule has 30 heavy (non-hydrogen) atoms. The van der Waals surface area contributed by atoms with Crippen molar-refractivity contribution in [2.45, 2.75) is 12.6 Å². The zero-order chi connectivity index (χ0) is 20.7. The minimum Gasteiger partial charge on any atom is -0.507 e. The Balaban J connectivity index is 1.61. The molecule has 0 radical (unpaired) electrons. The van der Waals surface area contributed by atoms with Gasteiger partial charge in [0, 0.05) is 10.4 Å². The van der Waals surface area contributed by atoms with Gasteiger partial charge in [-0.1, -0.05) is 6.07 Å². The van der Waals surface area contributed by atoms with Crippen molar-refractivity contribution in [3.63, 3.8) is 0 Å². The summed E-state index contributed by atoms with van der Waals surface area (Å²) in [6.45, 7) is 0.979. The van der Waals surface area contributed by atoms with E-state index in [1.54, 1.807) is 30.3 Å². The number of nitrogens with zero attached hydrogens (tertiary/aromatic N) is 1. The average Bonchev–Trinajstić information content (AvgIpc) is 3.52. The standard InChI is InChI=1S/C22H17NO6S/c24-20(13-5-6-15-16(11-13)29-9-8-28-15)18-19(17-4-2-10-30-17)23(22(26)21(18)25)12-14-3-1-7-27-14/h1-7,10-11,19,24H,8-9,12H2/t19-/m0/s1. The number of Topliss-reactive ketones (excluding diaryl/α,β-unsaturated/α-hetero) is 1. The molecule has 0 spiro atoms. The number of carbonyl (C=O) groups is 2. The summed E-state index contributed by atoms with van der Waals surface area (Å²) in [5.74, 6) is -0.0339. The normalized spacial score (nSPS) is 20.0. The molecule has 0 saturated carbocycles. The Labute approximate surface area is 175 Å². The van der Waals surface area contributed by atoms with Crippen LogP contribution in [0.2, 0.25) is 0 Å².